The van der Waals surface area contributed by atoms with Crippen LogP contribution in [0.1, 0.15) is 26.7 Å². The fourth-order valence-electron chi connectivity index (χ4n) is 2.20. The fraction of sp³-hybridized carbons (Fsp3) is 0.909. The molecule has 2 unspecified atom stereocenters. The zero-order chi connectivity index (χ0) is 11.1. The summed E-state index contributed by atoms with van der Waals surface area (Å²) in [6.07, 6.45) is 2.19. The third-order valence-corrected chi connectivity index (χ3v) is 3.51. The maximum atomic E-state index is 12.3. The molecule has 1 saturated heterocycles. The molecule has 0 spiro atoms. The van der Waals surface area contributed by atoms with E-state index in [0.717, 1.165) is 12.8 Å². The normalized spacial score (nSPS) is 31.1. The van der Waals surface area contributed by atoms with Crippen LogP contribution in [0, 0.1) is 5.92 Å². The Kier molecular flexibility index (Phi) is 2.73. The molecule has 4 nitrogen and oxygen atoms in total. The van der Waals surface area contributed by atoms with Gasteiger partial charge in [-0.3, -0.25) is 4.79 Å². The first-order chi connectivity index (χ1) is 7.03. The van der Waals surface area contributed by atoms with Gasteiger partial charge in [0.1, 0.15) is 0 Å². The number of hydrogen-bond donors (Lipinski definition) is 1. The standard InChI is InChI=1S/C11H20N2O2/c1-8-7-15-6-5-13(8)10(14)11(2,12)9-3-4-9/h8-9H,3-7,12H2,1-2H3. The molecule has 0 bridgehead atoms. The molecule has 0 aromatic heterocycles. The van der Waals surface area contributed by atoms with Gasteiger partial charge in [-0.15, -0.1) is 0 Å². The fourth-order valence-corrected chi connectivity index (χ4v) is 2.20. The molecule has 86 valence electrons. The Morgan fingerprint density at radius 1 is 1.53 bits per heavy atom. The highest BCUT2D eigenvalue weighted by Gasteiger charge is 2.46. The van der Waals surface area contributed by atoms with Crippen LogP contribution in [-0.2, 0) is 9.53 Å². The van der Waals surface area contributed by atoms with E-state index in [1.54, 1.807) is 0 Å². The average molecular weight is 212 g/mol. The number of nitrogens with zero attached hydrogens (tertiary/aromatic N) is 1. The van der Waals surface area contributed by atoms with Crippen molar-refractivity contribution in [3.05, 3.63) is 0 Å². The van der Waals surface area contributed by atoms with E-state index in [2.05, 4.69) is 0 Å². The summed E-state index contributed by atoms with van der Waals surface area (Å²) in [5.74, 6) is 0.487. The number of amides is 1. The average Bonchev–Trinajstić information content (AvgIpc) is 3.00. The summed E-state index contributed by atoms with van der Waals surface area (Å²) in [7, 11) is 0. The Balaban J connectivity index is 2.05. The summed E-state index contributed by atoms with van der Waals surface area (Å²) >= 11 is 0. The molecule has 1 amide bonds. The Morgan fingerprint density at radius 2 is 2.20 bits per heavy atom. The van der Waals surface area contributed by atoms with Gasteiger partial charge in [0.15, 0.2) is 0 Å². The number of rotatable bonds is 2. The summed E-state index contributed by atoms with van der Waals surface area (Å²) in [5.41, 5.74) is 5.47. The summed E-state index contributed by atoms with van der Waals surface area (Å²) < 4.78 is 5.32. The molecule has 1 aliphatic heterocycles. The Morgan fingerprint density at radius 3 is 2.73 bits per heavy atom. The predicted molar refractivity (Wildman–Crippen MR) is 57.3 cm³/mol. The molecular weight excluding hydrogens is 192 g/mol. The molecule has 2 aliphatic rings. The van der Waals surface area contributed by atoms with E-state index in [-0.39, 0.29) is 11.9 Å². The second-order valence-corrected chi connectivity index (χ2v) is 4.98. The molecule has 0 radical (unpaired) electrons. The second kappa shape index (κ2) is 3.76. The number of carbonyl (C=O) groups excluding carboxylic acids is 1. The maximum absolute atomic E-state index is 12.3. The van der Waals surface area contributed by atoms with Crippen LogP contribution in [0.15, 0.2) is 0 Å². The monoisotopic (exact) mass is 212 g/mol. The van der Waals surface area contributed by atoms with Crippen molar-refractivity contribution in [2.75, 3.05) is 19.8 Å². The second-order valence-electron chi connectivity index (χ2n) is 4.98. The van der Waals surface area contributed by atoms with Crippen molar-refractivity contribution >= 4 is 5.91 Å². The summed E-state index contributed by atoms with van der Waals surface area (Å²) in [6.45, 7) is 5.83. The number of carbonyl (C=O) groups is 1. The SMILES string of the molecule is CC1COCCN1C(=O)C(C)(N)C1CC1. The number of nitrogens with two attached hydrogens (primary N) is 1. The van der Waals surface area contributed by atoms with Gasteiger partial charge in [0, 0.05) is 6.54 Å². The first-order valence-electron chi connectivity index (χ1n) is 5.71. The highest BCUT2D eigenvalue weighted by atomic mass is 16.5. The minimum absolute atomic E-state index is 0.0980. The van der Waals surface area contributed by atoms with Gasteiger partial charge in [-0.05, 0) is 32.6 Å². The van der Waals surface area contributed by atoms with Gasteiger partial charge in [-0.25, -0.2) is 0 Å². The van der Waals surface area contributed by atoms with Crippen molar-refractivity contribution in [1.82, 2.24) is 4.90 Å². The molecule has 1 heterocycles. The highest BCUT2D eigenvalue weighted by molar-refractivity contribution is 5.86. The van der Waals surface area contributed by atoms with Gasteiger partial charge < -0.3 is 15.4 Å². The Hall–Kier alpha value is -0.610. The molecule has 2 rings (SSSR count). The molecule has 2 N–H and O–H groups in total. The van der Waals surface area contributed by atoms with Crippen molar-refractivity contribution in [2.45, 2.75) is 38.3 Å². The molecular formula is C11H20N2O2. The van der Waals surface area contributed by atoms with Gasteiger partial charge in [-0.2, -0.15) is 0 Å². The first kappa shape index (κ1) is 10.9. The van der Waals surface area contributed by atoms with E-state index in [9.17, 15) is 4.79 Å². The molecule has 2 fully saturated rings. The lowest BCUT2D eigenvalue weighted by atomic mass is 9.94. The van der Waals surface area contributed by atoms with E-state index < -0.39 is 5.54 Å². The van der Waals surface area contributed by atoms with Gasteiger partial charge in [0.25, 0.3) is 0 Å². The maximum Gasteiger partial charge on any atom is 0.243 e. The van der Waals surface area contributed by atoms with E-state index in [0.29, 0.717) is 25.7 Å². The van der Waals surface area contributed by atoms with Crippen LogP contribution in [0.4, 0.5) is 0 Å². The molecule has 15 heavy (non-hydrogen) atoms. The molecule has 1 aliphatic carbocycles. The molecule has 1 saturated carbocycles. The molecule has 4 heteroatoms. The van der Waals surface area contributed by atoms with Crippen molar-refractivity contribution in [3.63, 3.8) is 0 Å². The lowest BCUT2D eigenvalue weighted by molar-refractivity contribution is -0.145. The number of hydrogen-bond acceptors (Lipinski definition) is 3. The molecule has 0 aromatic rings. The minimum atomic E-state index is -0.661. The van der Waals surface area contributed by atoms with Crippen molar-refractivity contribution in [2.24, 2.45) is 11.7 Å². The zero-order valence-electron chi connectivity index (χ0n) is 9.53. The highest BCUT2D eigenvalue weighted by Crippen LogP contribution is 2.39. The van der Waals surface area contributed by atoms with Crippen molar-refractivity contribution in [3.8, 4) is 0 Å². The van der Waals surface area contributed by atoms with Crippen LogP contribution in [0.25, 0.3) is 0 Å². The third-order valence-electron chi connectivity index (χ3n) is 3.51. The lowest BCUT2D eigenvalue weighted by Crippen LogP contribution is -2.59. The number of morpholine rings is 1. The van der Waals surface area contributed by atoms with Crippen LogP contribution in [0.3, 0.4) is 0 Å². The zero-order valence-corrected chi connectivity index (χ0v) is 9.53. The lowest BCUT2D eigenvalue weighted by Gasteiger charge is -2.38. The number of ether oxygens (including phenoxy) is 1. The van der Waals surface area contributed by atoms with Gasteiger partial charge in [0.05, 0.1) is 24.8 Å². The largest absolute Gasteiger partial charge is 0.377 e. The van der Waals surface area contributed by atoms with Crippen molar-refractivity contribution in [1.29, 1.82) is 0 Å². The Bertz CT molecular complexity index is 261. The van der Waals surface area contributed by atoms with Gasteiger partial charge >= 0.3 is 0 Å². The van der Waals surface area contributed by atoms with E-state index in [4.69, 9.17) is 10.5 Å². The van der Waals surface area contributed by atoms with E-state index in [1.807, 2.05) is 18.7 Å². The smallest absolute Gasteiger partial charge is 0.243 e. The first-order valence-corrected chi connectivity index (χ1v) is 5.71. The molecule has 0 aromatic carbocycles. The Labute approximate surface area is 90.8 Å². The van der Waals surface area contributed by atoms with Crippen LogP contribution in [0.2, 0.25) is 0 Å². The van der Waals surface area contributed by atoms with Gasteiger partial charge in [0.2, 0.25) is 5.91 Å². The summed E-state index contributed by atoms with van der Waals surface area (Å²) in [6, 6.07) is 0.160. The van der Waals surface area contributed by atoms with Gasteiger partial charge in [-0.1, -0.05) is 0 Å². The van der Waals surface area contributed by atoms with Crippen molar-refractivity contribution < 1.29 is 9.53 Å². The third kappa shape index (κ3) is 2.01. The van der Waals surface area contributed by atoms with Crippen LogP contribution < -0.4 is 5.73 Å². The van der Waals surface area contributed by atoms with E-state index in [1.165, 1.54) is 0 Å². The van der Waals surface area contributed by atoms with Crippen LogP contribution >= 0.6 is 0 Å². The molecule has 2 atom stereocenters. The van der Waals surface area contributed by atoms with Crippen LogP contribution in [0.5, 0.6) is 0 Å². The van der Waals surface area contributed by atoms with Crippen LogP contribution in [-0.4, -0.2) is 42.1 Å². The predicted octanol–water partition coefficient (Wildman–Crippen LogP) is 0.361. The quantitative estimate of drug-likeness (QED) is 0.719. The summed E-state index contributed by atoms with van der Waals surface area (Å²) in [5, 5.41) is 0. The minimum Gasteiger partial charge on any atom is -0.377 e. The summed E-state index contributed by atoms with van der Waals surface area (Å²) in [4.78, 5) is 14.1. The van der Waals surface area contributed by atoms with E-state index >= 15 is 0 Å². The topological polar surface area (TPSA) is 55.6 Å².